The number of nitrogens with zero attached hydrogens (tertiary/aromatic N) is 2. The highest BCUT2D eigenvalue weighted by Gasteiger charge is 2.45. The van der Waals surface area contributed by atoms with E-state index < -0.39 is 23.5 Å². The SMILES string of the molecule is CC(C)(C)C(C#N)N(P)C(=O)C(F)(F)F. The lowest BCUT2D eigenvalue weighted by Gasteiger charge is -2.32. The summed E-state index contributed by atoms with van der Waals surface area (Å²) in [5.74, 6) is -2.03. The number of hydrogen-bond donors (Lipinski definition) is 0. The van der Waals surface area contributed by atoms with E-state index >= 15 is 0 Å². The van der Waals surface area contributed by atoms with Crippen LogP contribution >= 0.6 is 9.39 Å². The summed E-state index contributed by atoms with van der Waals surface area (Å²) >= 11 is 0. The van der Waals surface area contributed by atoms with Gasteiger partial charge in [-0.1, -0.05) is 20.8 Å². The Hall–Kier alpha value is -0.820. The molecule has 2 atom stereocenters. The van der Waals surface area contributed by atoms with Crippen LogP contribution in [0.1, 0.15) is 20.8 Å². The lowest BCUT2D eigenvalue weighted by atomic mass is 9.87. The second-order valence-electron chi connectivity index (χ2n) is 4.11. The topological polar surface area (TPSA) is 44.1 Å². The van der Waals surface area contributed by atoms with Crippen molar-refractivity contribution in [2.45, 2.75) is 33.0 Å². The second kappa shape index (κ2) is 4.36. The van der Waals surface area contributed by atoms with E-state index in [4.69, 9.17) is 5.26 Å². The molecule has 86 valence electrons. The zero-order valence-corrected chi connectivity index (χ0v) is 9.75. The first-order chi connectivity index (χ1) is 6.51. The van der Waals surface area contributed by atoms with Gasteiger partial charge < -0.3 is 4.67 Å². The van der Waals surface area contributed by atoms with Gasteiger partial charge in [0, 0.05) is 0 Å². The fourth-order valence-electron chi connectivity index (χ4n) is 0.937. The van der Waals surface area contributed by atoms with Gasteiger partial charge in [0.15, 0.2) is 0 Å². The summed E-state index contributed by atoms with van der Waals surface area (Å²) in [6, 6.07) is 0.537. The van der Waals surface area contributed by atoms with Crippen LogP contribution in [-0.4, -0.2) is 22.8 Å². The molecule has 0 aromatic carbocycles. The number of hydrogen-bond acceptors (Lipinski definition) is 2. The van der Waals surface area contributed by atoms with Crippen LogP contribution in [0.25, 0.3) is 0 Å². The third-order valence-electron chi connectivity index (χ3n) is 1.70. The summed E-state index contributed by atoms with van der Waals surface area (Å²) in [7, 11) is 1.65. The minimum absolute atomic E-state index is 0.347. The molecular formula is C8H12F3N2OP. The Labute approximate surface area is 88.5 Å². The average molecular weight is 240 g/mol. The zero-order valence-electron chi connectivity index (χ0n) is 8.59. The fraction of sp³-hybridized carbons (Fsp3) is 0.750. The van der Waals surface area contributed by atoms with E-state index in [-0.39, 0.29) is 0 Å². The quantitative estimate of drug-likeness (QED) is 0.659. The molecule has 0 radical (unpaired) electrons. The standard InChI is InChI=1S/C8H12F3N2OP/c1-7(2,3)5(4-12)13(15)6(14)8(9,10)11/h5H,15H2,1-3H3. The van der Waals surface area contributed by atoms with Crippen molar-refractivity contribution >= 4 is 15.3 Å². The van der Waals surface area contributed by atoms with Crippen LogP contribution in [0.15, 0.2) is 0 Å². The molecule has 0 heterocycles. The molecule has 2 unspecified atom stereocenters. The van der Waals surface area contributed by atoms with Crippen molar-refractivity contribution in [2.24, 2.45) is 5.41 Å². The third-order valence-corrected chi connectivity index (χ3v) is 2.23. The number of amides is 1. The van der Waals surface area contributed by atoms with Crippen molar-refractivity contribution in [3.8, 4) is 6.07 Å². The summed E-state index contributed by atoms with van der Waals surface area (Å²) in [5, 5.41) is 8.72. The molecule has 0 spiro atoms. The molecule has 0 aliphatic rings. The summed E-state index contributed by atoms with van der Waals surface area (Å²) in [6.45, 7) is 4.75. The molecule has 0 aromatic rings. The van der Waals surface area contributed by atoms with E-state index in [9.17, 15) is 18.0 Å². The molecule has 1 amide bonds. The smallest absolute Gasteiger partial charge is 0.303 e. The van der Waals surface area contributed by atoms with Gasteiger partial charge >= 0.3 is 12.1 Å². The van der Waals surface area contributed by atoms with E-state index in [1.807, 2.05) is 0 Å². The molecule has 15 heavy (non-hydrogen) atoms. The lowest BCUT2D eigenvalue weighted by molar-refractivity contribution is -0.181. The Morgan fingerprint density at radius 3 is 2.00 bits per heavy atom. The molecule has 0 aliphatic heterocycles. The van der Waals surface area contributed by atoms with Crippen LogP contribution in [0.4, 0.5) is 13.2 Å². The molecular weight excluding hydrogens is 228 g/mol. The van der Waals surface area contributed by atoms with Gasteiger partial charge in [-0.15, -0.1) is 0 Å². The Bertz CT molecular complexity index is 290. The lowest BCUT2D eigenvalue weighted by Crippen LogP contribution is -2.45. The Morgan fingerprint density at radius 1 is 1.40 bits per heavy atom. The maximum Gasteiger partial charge on any atom is 0.471 e. The number of nitriles is 1. The monoisotopic (exact) mass is 240 g/mol. The molecule has 0 aromatic heterocycles. The summed E-state index contributed by atoms with van der Waals surface area (Å²) in [6.07, 6.45) is -4.96. The summed E-state index contributed by atoms with van der Waals surface area (Å²) < 4.78 is 36.6. The molecule has 0 rings (SSSR count). The van der Waals surface area contributed by atoms with E-state index in [2.05, 4.69) is 0 Å². The van der Waals surface area contributed by atoms with Gasteiger partial charge in [0.2, 0.25) is 0 Å². The maximum absolute atomic E-state index is 12.1. The van der Waals surface area contributed by atoms with Crippen molar-refractivity contribution in [1.82, 2.24) is 4.67 Å². The van der Waals surface area contributed by atoms with Crippen LogP contribution in [0.3, 0.4) is 0 Å². The van der Waals surface area contributed by atoms with E-state index in [1.54, 1.807) is 36.2 Å². The molecule has 0 saturated carbocycles. The maximum atomic E-state index is 12.1. The third kappa shape index (κ3) is 3.67. The largest absolute Gasteiger partial charge is 0.471 e. The molecule has 0 N–H and O–H groups in total. The van der Waals surface area contributed by atoms with Gasteiger partial charge in [-0.05, 0) is 14.8 Å². The van der Waals surface area contributed by atoms with E-state index in [0.29, 0.717) is 4.67 Å². The van der Waals surface area contributed by atoms with Crippen LogP contribution < -0.4 is 0 Å². The predicted octanol–water partition coefficient (Wildman–Crippen LogP) is 2.11. The van der Waals surface area contributed by atoms with Gasteiger partial charge in [0.05, 0.1) is 6.07 Å². The second-order valence-corrected chi connectivity index (χ2v) is 4.66. The highest BCUT2D eigenvalue weighted by molar-refractivity contribution is 7.14. The Kier molecular flexibility index (Phi) is 4.12. The number of carbonyl (C=O) groups is 1. The van der Waals surface area contributed by atoms with Gasteiger partial charge in [0.25, 0.3) is 0 Å². The highest BCUT2D eigenvalue weighted by Crippen LogP contribution is 2.30. The number of halogens is 3. The number of alkyl halides is 3. The van der Waals surface area contributed by atoms with Crippen molar-refractivity contribution in [3.63, 3.8) is 0 Å². The normalized spacial score (nSPS) is 14.3. The van der Waals surface area contributed by atoms with Gasteiger partial charge in [0.1, 0.15) is 6.04 Å². The van der Waals surface area contributed by atoms with Gasteiger partial charge in [-0.25, -0.2) is 0 Å². The van der Waals surface area contributed by atoms with Crippen molar-refractivity contribution in [1.29, 1.82) is 5.26 Å². The minimum Gasteiger partial charge on any atom is -0.303 e. The molecule has 7 heteroatoms. The molecule has 0 bridgehead atoms. The molecule has 0 aliphatic carbocycles. The van der Waals surface area contributed by atoms with Crippen LogP contribution in [0.5, 0.6) is 0 Å². The van der Waals surface area contributed by atoms with Crippen molar-refractivity contribution in [3.05, 3.63) is 0 Å². The Morgan fingerprint density at radius 2 is 1.80 bits per heavy atom. The Balaban J connectivity index is 4.94. The number of carbonyl (C=O) groups excluding carboxylic acids is 1. The fourth-order valence-corrected chi connectivity index (χ4v) is 1.60. The first-order valence-corrected chi connectivity index (χ1v) is 4.58. The van der Waals surface area contributed by atoms with Gasteiger partial charge in [-0.2, -0.15) is 18.4 Å². The first-order valence-electron chi connectivity index (χ1n) is 4.06. The predicted molar refractivity (Wildman–Crippen MR) is 51.5 cm³/mol. The molecule has 0 saturated heterocycles. The van der Waals surface area contributed by atoms with Crippen LogP contribution in [0, 0.1) is 16.7 Å². The van der Waals surface area contributed by atoms with Crippen molar-refractivity contribution < 1.29 is 18.0 Å². The summed E-state index contributed by atoms with van der Waals surface area (Å²) in [5.41, 5.74) is -0.739. The molecule has 0 fully saturated rings. The van der Waals surface area contributed by atoms with Crippen LogP contribution in [-0.2, 0) is 4.79 Å². The molecule has 3 nitrogen and oxygen atoms in total. The number of rotatable bonds is 1. The highest BCUT2D eigenvalue weighted by atomic mass is 31.0. The minimum atomic E-state index is -4.96. The van der Waals surface area contributed by atoms with E-state index in [0.717, 1.165) is 0 Å². The van der Waals surface area contributed by atoms with Crippen LogP contribution in [0.2, 0.25) is 0 Å². The van der Waals surface area contributed by atoms with E-state index in [1.165, 1.54) is 0 Å². The zero-order chi connectivity index (χ0) is 12.4. The van der Waals surface area contributed by atoms with Crippen molar-refractivity contribution in [2.75, 3.05) is 0 Å². The first kappa shape index (κ1) is 14.2. The average Bonchev–Trinajstić information content (AvgIpc) is 1.99. The van der Waals surface area contributed by atoms with Gasteiger partial charge in [-0.3, -0.25) is 4.79 Å². The summed E-state index contributed by atoms with van der Waals surface area (Å²) in [4.78, 5) is 10.8.